The van der Waals surface area contributed by atoms with Gasteiger partial charge in [0.15, 0.2) is 0 Å². The minimum Gasteiger partial charge on any atom is -0.492 e. The lowest BCUT2D eigenvalue weighted by atomic mass is 10.0. The number of sulfonamides is 1. The fraction of sp³-hybridized carbons (Fsp3) is 0.278. The molecule has 0 unspecified atom stereocenters. The Balaban J connectivity index is 1.85. The molecule has 4 aromatic carbocycles. The number of ether oxygens (including phenoxy) is 1. The number of para-hydroxylation sites is 2. The first-order chi connectivity index (χ1) is 22.5. The van der Waals surface area contributed by atoms with Crippen LogP contribution in [0.1, 0.15) is 37.0 Å². The summed E-state index contributed by atoms with van der Waals surface area (Å²) in [5.41, 5.74) is 2.46. The molecule has 0 aliphatic heterocycles. The standard InChI is InChI=1S/C36H39Cl2N3O5S/c1-4-21-39-36(43)33(22-27-11-7-6-8-12-27)40(24-28-17-18-29(37)23-31(28)38)35(42)25-41(32-13-9-10-14-34(32)46-5-2)47(44,45)30-19-15-26(3)16-20-30/h6-20,23,33H,4-5,21-22,24-25H2,1-3H3,(H,39,43)/t33-/m1/s1. The van der Waals surface area contributed by atoms with E-state index in [1.54, 1.807) is 61.5 Å². The number of nitrogens with one attached hydrogen (secondary N) is 1. The predicted molar refractivity (Wildman–Crippen MR) is 188 cm³/mol. The summed E-state index contributed by atoms with van der Waals surface area (Å²) in [7, 11) is -4.28. The number of hydrogen-bond donors (Lipinski definition) is 1. The molecule has 0 spiro atoms. The molecule has 0 fully saturated rings. The third-order valence-corrected chi connectivity index (χ3v) is 9.86. The number of nitrogens with zero attached hydrogens (tertiary/aromatic N) is 2. The van der Waals surface area contributed by atoms with Gasteiger partial charge in [0.2, 0.25) is 11.8 Å². The number of carbonyl (C=O) groups excluding carboxylic acids is 2. The van der Waals surface area contributed by atoms with Crippen molar-refractivity contribution >= 4 is 50.7 Å². The van der Waals surface area contributed by atoms with Crippen LogP contribution >= 0.6 is 23.2 Å². The quantitative estimate of drug-likeness (QED) is 0.144. The van der Waals surface area contributed by atoms with Gasteiger partial charge < -0.3 is 15.0 Å². The third kappa shape index (κ3) is 9.28. The molecule has 1 N–H and O–H groups in total. The van der Waals surface area contributed by atoms with E-state index in [-0.39, 0.29) is 36.1 Å². The van der Waals surface area contributed by atoms with Gasteiger partial charge in [-0.3, -0.25) is 13.9 Å². The molecule has 2 amide bonds. The van der Waals surface area contributed by atoms with Gasteiger partial charge in [-0.05, 0) is 67.8 Å². The molecule has 1 atom stereocenters. The van der Waals surface area contributed by atoms with E-state index in [2.05, 4.69) is 5.32 Å². The first-order valence-electron chi connectivity index (χ1n) is 15.4. The summed E-state index contributed by atoms with van der Waals surface area (Å²) >= 11 is 12.8. The van der Waals surface area contributed by atoms with E-state index in [1.165, 1.54) is 17.0 Å². The molecule has 0 aliphatic carbocycles. The van der Waals surface area contributed by atoms with Crippen LogP contribution in [0, 0.1) is 6.92 Å². The van der Waals surface area contributed by atoms with Gasteiger partial charge in [0.25, 0.3) is 10.0 Å². The van der Waals surface area contributed by atoms with E-state index < -0.39 is 28.5 Å². The molecule has 8 nitrogen and oxygen atoms in total. The summed E-state index contributed by atoms with van der Waals surface area (Å²) in [6.07, 6.45) is 0.880. The minimum absolute atomic E-state index is 0.0102. The molecule has 11 heteroatoms. The van der Waals surface area contributed by atoms with Crippen molar-refractivity contribution in [2.45, 2.75) is 51.1 Å². The zero-order chi connectivity index (χ0) is 34.0. The van der Waals surface area contributed by atoms with Crippen molar-refractivity contribution in [1.29, 1.82) is 0 Å². The number of halogens is 2. The molecule has 0 aromatic heterocycles. The zero-order valence-electron chi connectivity index (χ0n) is 26.7. The summed E-state index contributed by atoms with van der Waals surface area (Å²) in [6.45, 7) is 5.59. The van der Waals surface area contributed by atoms with Gasteiger partial charge in [0.1, 0.15) is 18.3 Å². The first kappa shape index (κ1) is 35.8. The van der Waals surface area contributed by atoms with Crippen LogP contribution in [0.2, 0.25) is 10.0 Å². The predicted octanol–water partition coefficient (Wildman–Crippen LogP) is 7.06. The molecular weight excluding hydrogens is 657 g/mol. The highest BCUT2D eigenvalue weighted by atomic mass is 35.5. The van der Waals surface area contributed by atoms with Crippen LogP contribution in [-0.2, 0) is 32.6 Å². The Hall–Kier alpha value is -4.05. The SMILES string of the molecule is CCCNC(=O)[C@@H](Cc1ccccc1)N(Cc1ccc(Cl)cc1Cl)C(=O)CN(c1ccccc1OCC)S(=O)(=O)c1ccc(C)cc1. The molecule has 4 rings (SSSR count). The number of amides is 2. The van der Waals surface area contributed by atoms with Crippen LogP contribution in [-0.4, -0.2) is 50.9 Å². The van der Waals surface area contributed by atoms with Gasteiger partial charge in [-0.15, -0.1) is 0 Å². The molecule has 0 bridgehead atoms. The molecule has 0 saturated carbocycles. The van der Waals surface area contributed by atoms with Crippen molar-refractivity contribution in [3.63, 3.8) is 0 Å². The Morgan fingerprint density at radius 3 is 2.23 bits per heavy atom. The molecule has 0 saturated heterocycles. The van der Waals surface area contributed by atoms with Crippen LogP contribution in [0.4, 0.5) is 5.69 Å². The average molecular weight is 697 g/mol. The van der Waals surface area contributed by atoms with Crippen molar-refractivity contribution in [1.82, 2.24) is 10.2 Å². The van der Waals surface area contributed by atoms with Gasteiger partial charge in [-0.1, -0.05) is 96.4 Å². The second-order valence-electron chi connectivity index (χ2n) is 11.0. The Bertz CT molecular complexity index is 1770. The highest BCUT2D eigenvalue weighted by molar-refractivity contribution is 7.92. The summed E-state index contributed by atoms with van der Waals surface area (Å²) in [5.74, 6) is -0.672. The number of carbonyl (C=O) groups is 2. The van der Waals surface area contributed by atoms with E-state index in [0.717, 1.165) is 15.4 Å². The lowest BCUT2D eigenvalue weighted by molar-refractivity contribution is -0.140. The van der Waals surface area contributed by atoms with Gasteiger partial charge in [0, 0.05) is 29.6 Å². The molecule has 4 aromatic rings. The Morgan fingerprint density at radius 2 is 1.57 bits per heavy atom. The van der Waals surface area contributed by atoms with Gasteiger partial charge in [-0.2, -0.15) is 0 Å². The topological polar surface area (TPSA) is 96.0 Å². The maximum Gasteiger partial charge on any atom is 0.264 e. The van der Waals surface area contributed by atoms with Gasteiger partial charge in [0.05, 0.1) is 17.2 Å². The second-order valence-corrected chi connectivity index (χ2v) is 13.7. The Labute approximate surface area is 287 Å². The minimum atomic E-state index is -4.28. The monoisotopic (exact) mass is 695 g/mol. The van der Waals surface area contributed by atoms with Gasteiger partial charge >= 0.3 is 0 Å². The van der Waals surface area contributed by atoms with E-state index in [1.807, 2.05) is 44.2 Å². The average Bonchev–Trinajstić information content (AvgIpc) is 3.06. The summed E-state index contributed by atoms with van der Waals surface area (Å²) in [5, 5.41) is 3.66. The van der Waals surface area contributed by atoms with Crippen molar-refractivity contribution in [3.05, 3.63) is 124 Å². The van der Waals surface area contributed by atoms with Crippen LogP contribution in [0.15, 0.2) is 102 Å². The fourth-order valence-electron chi connectivity index (χ4n) is 5.04. The molecule has 0 heterocycles. The fourth-order valence-corrected chi connectivity index (χ4v) is 6.94. The maximum absolute atomic E-state index is 14.7. The van der Waals surface area contributed by atoms with E-state index >= 15 is 0 Å². The highest BCUT2D eigenvalue weighted by Gasteiger charge is 2.35. The second kappa shape index (κ2) is 16.7. The number of benzene rings is 4. The summed E-state index contributed by atoms with van der Waals surface area (Å²) in [6, 6.07) is 26.4. The first-order valence-corrected chi connectivity index (χ1v) is 17.6. The van der Waals surface area contributed by atoms with Crippen molar-refractivity contribution in [2.24, 2.45) is 0 Å². The lowest BCUT2D eigenvalue weighted by Crippen LogP contribution is -2.53. The summed E-state index contributed by atoms with van der Waals surface area (Å²) < 4.78 is 35.5. The van der Waals surface area contributed by atoms with Gasteiger partial charge in [-0.25, -0.2) is 8.42 Å². The smallest absolute Gasteiger partial charge is 0.264 e. The lowest BCUT2D eigenvalue weighted by Gasteiger charge is -2.34. The Morgan fingerprint density at radius 1 is 0.894 bits per heavy atom. The van der Waals surface area contributed by atoms with Crippen LogP contribution in [0.3, 0.4) is 0 Å². The molecule has 0 aliphatic rings. The maximum atomic E-state index is 14.7. The van der Waals surface area contributed by atoms with Crippen molar-refractivity contribution in [2.75, 3.05) is 24.0 Å². The normalized spacial score (nSPS) is 11.9. The molecular formula is C36H39Cl2N3O5S. The van der Waals surface area contributed by atoms with Crippen molar-refractivity contribution < 1.29 is 22.7 Å². The molecule has 248 valence electrons. The summed E-state index contributed by atoms with van der Waals surface area (Å²) in [4.78, 5) is 29.9. The van der Waals surface area contributed by atoms with Crippen LogP contribution in [0.25, 0.3) is 0 Å². The number of anilines is 1. The number of hydrogen-bond acceptors (Lipinski definition) is 5. The molecule has 47 heavy (non-hydrogen) atoms. The van der Waals surface area contributed by atoms with Crippen LogP contribution in [0.5, 0.6) is 5.75 Å². The zero-order valence-corrected chi connectivity index (χ0v) is 29.0. The van der Waals surface area contributed by atoms with E-state index in [0.29, 0.717) is 34.3 Å². The highest BCUT2D eigenvalue weighted by Crippen LogP contribution is 2.33. The van der Waals surface area contributed by atoms with Crippen LogP contribution < -0.4 is 14.4 Å². The van der Waals surface area contributed by atoms with E-state index in [4.69, 9.17) is 27.9 Å². The van der Waals surface area contributed by atoms with E-state index in [9.17, 15) is 18.0 Å². The third-order valence-electron chi connectivity index (χ3n) is 7.50. The number of rotatable bonds is 15. The van der Waals surface area contributed by atoms with Crippen molar-refractivity contribution in [3.8, 4) is 5.75 Å². The molecule has 0 radical (unpaired) electrons. The largest absolute Gasteiger partial charge is 0.492 e. The Kier molecular flexibility index (Phi) is 12.7. The number of aryl methyl sites for hydroxylation is 1.